The van der Waals surface area contributed by atoms with Crippen molar-refractivity contribution in [1.82, 2.24) is 10.2 Å². The molecule has 0 radical (unpaired) electrons. The average molecular weight is 356 g/mol. The number of rotatable bonds is 6. The van der Waals surface area contributed by atoms with Crippen LogP contribution in [0.1, 0.15) is 52.0 Å². The van der Waals surface area contributed by atoms with Crippen molar-refractivity contribution in [2.75, 3.05) is 0 Å². The highest BCUT2D eigenvalue weighted by molar-refractivity contribution is 6.25. The largest absolute Gasteiger partial charge is 0.295 e. The number of nitrogens with zero attached hydrogens (tertiary/aromatic N) is 1. The van der Waals surface area contributed by atoms with Crippen molar-refractivity contribution in [2.45, 2.75) is 38.1 Å². The van der Waals surface area contributed by atoms with Gasteiger partial charge in [-0.3, -0.25) is 39.0 Å². The summed E-state index contributed by atoms with van der Waals surface area (Å²) in [6.07, 6.45) is 1.51. The molecule has 0 saturated carbocycles. The fourth-order valence-corrected chi connectivity index (χ4v) is 3.20. The number of Topliss-reactive ketones (excluding diaryl/α,β-unsaturated/α-hetero) is 1. The summed E-state index contributed by atoms with van der Waals surface area (Å²) in [5, 5.41) is 2.15. The molecule has 1 atom stereocenters. The Bertz CT molecular complexity index is 844. The molecule has 26 heavy (non-hydrogen) atoms. The van der Waals surface area contributed by atoms with E-state index in [9.17, 15) is 28.8 Å². The Morgan fingerprint density at radius 1 is 1.15 bits per heavy atom. The molecule has 0 aliphatic carbocycles. The predicted molar refractivity (Wildman–Crippen MR) is 87.1 cm³/mol. The smallest absolute Gasteiger partial charge is 0.262 e. The highest BCUT2D eigenvalue weighted by Crippen LogP contribution is 2.28. The summed E-state index contributed by atoms with van der Waals surface area (Å²) in [6.45, 7) is 0. The third-order valence-electron chi connectivity index (χ3n) is 4.52. The van der Waals surface area contributed by atoms with Gasteiger partial charge in [-0.25, -0.2) is 0 Å². The Morgan fingerprint density at radius 2 is 1.88 bits per heavy atom. The van der Waals surface area contributed by atoms with Crippen molar-refractivity contribution in [3.63, 3.8) is 0 Å². The molecule has 2 heterocycles. The molecule has 1 saturated heterocycles. The number of fused-ring (bicyclic) bond motifs is 1. The van der Waals surface area contributed by atoms with E-state index >= 15 is 0 Å². The summed E-state index contributed by atoms with van der Waals surface area (Å²) in [4.78, 5) is 70.7. The van der Waals surface area contributed by atoms with Crippen molar-refractivity contribution in [3.8, 4) is 0 Å². The third-order valence-corrected chi connectivity index (χ3v) is 4.52. The molecule has 1 unspecified atom stereocenters. The van der Waals surface area contributed by atoms with Gasteiger partial charge in [0.2, 0.25) is 11.8 Å². The molecule has 3 rings (SSSR count). The Hall–Kier alpha value is -3.16. The van der Waals surface area contributed by atoms with Crippen LogP contribution in [0, 0.1) is 0 Å². The van der Waals surface area contributed by atoms with Gasteiger partial charge >= 0.3 is 0 Å². The zero-order valence-corrected chi connectivity index (χ0v) is 13.8. The van der Waals surface area contributed by atoms with E-state index in [0.29, 0.717) is 12.8 Å². The van der Waals surface area contributed by atoms with Gasteiger partial charge in [0.25, 0.3) is 11.8 Å². The van der Waals surface area contributed by atoms with Crippen LogP contribution in [0.15, 0.2) is 18.2 Å². The van der Waals surface area contributed by atoms with E-state index in [-0.39, 0.29) is 36.7 Å². The van der Waals surface area contributed by atoms with Crippen LogP contribution in [0.2, 0.25) is 0 Å². The minimum atomic E-state index is -0.992. The highest BCUT2D eigenvalue weighted by atomic mass is 16.2. The number of benzene rings is 1. The SMILES string of the molecule is O=CC(=O)CCCc1ccc2c(c1)C(=O)N(C1CCC(=O)NC1=O)C2=O. The first-order chi connectivity index (χ1) is 12.4. The second kappa shape index (κ2) is 6.99. The maximum Gasteiger partial charge on any atom is 0.262 e. The third kappa shape index (κ3) is 3.17. The van der Waals surface area contributed by atoms with Crippen LogP contribution in [0.25, 0.3) is 0 Å². The molecular formula is C18H16N2O6. The van der Waals surface area contributed by atoms with E-state index in [1.807, 2.05) is 0 Å². The lowest BCUT2D eigenvalue weighted by Gasteiger charge is -2.27. The molecule has 8 heteroatoms. The average Bonchev–Trinajstić information content (AvgIpc) is 2.86. The number of carbonyl (C=O) groups is 6. The number of imide groups is 2. The molecule has 2 aliphatic rings. The number of piperidine rings is 1. The van der Waals surface area contributed by atoms with Crippen LogP contribution in [0.3, 0.4) is 0 Å². The van der Waals surface area contributed by atoms with E-state index < -0.39 is 35.5 Å². The lowest BCUT2D eigenvalue weighted by Crippen LogP contribution is -2.54. The summed E-state index contributed by atoms with van der Waals surface area (Å²) >= 11 is 0. The summed E-state index contributed by atoms with van der Waals surface area (Å²) in [5.41, 5.74) is 1.18. The van der Waals surface area contributed by atoms with Crippen LogP contribution in [0.5, 0.6) is 0 Å². The molecule has 0 spiro atoms. The van der Waals surface area contributed by atoms with Gasteiger partial charge in [-0.15, -0.1) is 0 Å². The standard InChI is InChI=1S/C18H16N2O6/c21-9-11(22)3-1-2-10-4-5-12-13(8-10)18(26)20(17(12)25)14-6-7-15(23)19-16(14)24/h4-5,8-9,14H,1-3,6-7H2,(H,19,23,24). The van der Waals surface area contributed by atoms with Gasteiger partial charge in [0.05, 0.1) is 11.1 Å². The lowest BCUT2D eigenvalue weighted by molar-refractivity contribution is -0.136. The molecule has 1 aromatic rings. The Kier molecular flexibility index (Phi) is 4.75. The van der Waals surface area contributed by atoms with Crippen molar-refractivity contribution in [2.24, 2.45) is 0 Å². The second-order valence-corrected chi connectivity index (χ2v) is 6.26. The minimum absolute atomic E-state index is 0.0693. The van der Waals surface area contributed by atoms with Crippen molar-refractivity contribution in [1.29, 1.82) is 0 Å². The first-order valence-electron chi connectivity index (χ1n) is 8.25. The highest BCUT2D eigenvalue weighted by Gasteiger charge is 2.44. The van der Waals surface area contributed by atoms with E-state index in [2.05, 4.69) is 5.32 Å². The number of aryl methyl sites for hydroxylation is 1. The van der Waals surface area contributed by atoms with Gasteiger partial charge in [0, 0.05) is 12.8 Å². The van der Waals surface area contributed by atoms with Crippen LogP contribution >= 0.6 is 0 Å². The van der Waals surface area contributed by atoms with Gasteiger partial charge in [0.15, 0.2) is 12.1 Å². The number of amides is 4. The maximum atomic E-state index is 12.7. The number of ketones is 1. The lowest BCUT2D eigenvalue weighted by atomic mass is 10.0. The Balaban J connectivity index is 1.77. The topological polar surface area (TPSA) is 118 Å². The van der Waals surface area contributed by atoms with Crippen LogP contribution in [-0.2, 0) is 25.6 Å². The fraction of sp³-hybridized carbons (Fsp3) is 0.333. The first-order valence-corrected chi connectivity index (χ1v) is 8.25. The molecule has 1 fully saturated rings. The number of hydrogen-bond acceptors (Lipinski definition) is 6. The van der Waals surface area contributed by atoms with E-state index in [4.69, 9.17) is 0 Å². The number of hydrogen-bond donors (Lipinski definition) is 1. The van der Waals surface area contributed by atoms with Gasteiger partial charge < -0.3 is 0 Å². The number of aldehydes is 1. The van der Waals surface area contributed by atoms with E-state index in [1.54, 1.807) is 12.1 Å². The van der Waals surface area contributed by atoms with Gasteiger partial charge in [-0.2, -0.15) is 0 Å². The van der Waals surface area contributed by atoms with Crippen molar-refractivity contribution >= 4 is 35.7 Å². The zero-order valence-electron chi connectivity index (χ0n) is 13.8. The summed E-state index contributed by atoms with van der Waals surface area (Å²) < 4.78 is 0. The second-order valence-electron chi connectivity index (χ2n) is 6.26. The molecule has 4 amide bonds. The summed E-state index contributed by atoms with van der Waals surface area (Å²) in [7, 11) is 0. The minimum Gasteiger partial charge on any atom is -0.295 e. The maximum absolute atomic E-state index is 12.7. The van der Waals surface area contributed by atoms with Gasteiger partial charge in [-0.05, 0) is 37.0 Å². The normalized spacial score (nSPS) is 19.4. The van der Waals surface area contributed by atoms with Crippen LogP contribution in [0.4, 0.5) is 0 Å². The first kappa shape index (κ1) is 17.7. The Morgan fingerprint density at radius 3 is 2.58 bits per heavy atom. The predicted octanol–water partition coefficient (Wildman–Crippen LogP) is 0.178. The van der Waals surface area contributed by atoms with Gasteiger partial charge in [0.1, 0.15) is 6.04 Å². The molecule has 0 aromatic heterocycles. The van der Waals surface area contributed by atoms with Crippen LogP contribution < -0.4 is 5.32 Å². The summed E-state index contributed by atoms with van der Waals surface area (Å²) in [5.74, 6) is -2.67. The molecular weight excluding hydrogens is 340 g/mol. The fourth-order valence-electron chi connectivity index (χ4n) is 3.20. The summed E-state index contributed by atoms with van der Waals surface area (Å²) in [6, 6.07) is 3.79. The molecule has 8 nitrogen and oxygen atoms in total. The molecule has 0 bridgehead atoms. The number of nitrogens with one attached hydrogen (secondary N) is 1. The molecule has 2 aliphatic heterocycles. The van der Waals surface area contributed by atoms with E-state index in [0.717, 1.165) is 10.5 Å². The number of carbonyl (C=O) groups excluding carboxylic acids is 6. The monoisotopic (exact) mass is 356 g/mol. The Labute approximate surface area is 148 Å². The van der Waals surface area contributed by atoms with Gasteiger partial charge in [-0.1, -0.05) is 6.07 Å². The molecule has 1 N–H and O–H groups in total. The zero-order chi connectivity index (χ0) is 18.8. The van der Waals surface area contributed by atoms with Crippen molar-refractivity contribution in [3.05, 3.63) is 34.9 Å². The van der Waals surface area contributed by atoms with Crippen LogP contribution in [-0.4, -0.2) is 46.6 Å². The van der Waals surface area contributed by atoms with Crippen molar-refractivity contribution < 1.29 is 28.8 Å². The van der Waals surface area contributed by atoms with E-state index in [1.165, 1.54) is 6.07 Å². The molecule has 1 aromatic carbocycles. The molecule has 134 valence electrons. The quantitative estimate of drug-likeness (QED) is 0.441.